The van der Waals surface area contributed by atoms with Gasteiger partial charge in [-0.1, -0.05) is 12.1 Å². The quantitative estimate of drug-likeness (QED) is 0.417. The number of benzene rings is 3. The van der Waals surface area contributed by atoms with Gasteiger partial charge in [0.2, 0.25) is 0 Å². The molecule has 0 saturated carbocycles. The fourth-order valence-electron chi connectivity index (χ4n) is 3.25. The van der Waals surface area contributed by atoms with Crippen LogP contribution >= 0.6 is 0 Å². The van der Waals surface area contributed by atoms with E-state index in [1.165, 1.54) is 24.3 Å². The van der Waals surface area contributed by atoms with Crippen molar-refractivity contribution in [3.63, 3.8) is 0 Å². The van der Waals surface area contributed by atoms with Crippen molar-refractivity contribution in [1.29, 1.82) is 0 Å². The predicted octanol–water partition coefficient (Wildman–Crippen LogP) is 5.15. The van der Waals surface area contributed by atoms with Gasteiger partial charge in [-0.25, -0.2) is 17.8 Å². The summed E-state index contributed by atoms with van der Waals surface area (Å²) in [6.45, 7) is 0. The largest absolute Gasteiger partial charge is 0.497 e. The Labute approximate surface area is 180 Å². The molecular weight excluding hydrogens is 417 g/mol. The monoisotopic (exact) mass is 437 g/mol. The van der Waals surface area contributed by atoms with Gasteiger partial charge in [0.25, 0.3) is 0 Å². The Hall–Kier alpha value is -3.45. The average Bonchev–Trinajstić information content (AvgIpc) is 3.17. The van der Waals surface area contributed by atoms with Crippen LogP contribution in [0.3, 0.4) is 0 Å². The van der Waals surface area contributed by atoms with Gasteiger partial charge in [-0.15, -0.1) is 0 Å². The van der Waals surface area contributed by atoms with Gasteiger partial charge in [-0.05, 0) is 66.2 Å². The summed E-state index contributed by atoms with van der Waals surface area (Å²) in [6, 6.07) is 20.0. The van der Waals surface area contributed by atoms with Crippen molar-refractivity contribution >= 4 is 9.84 Å². The predicted molar refractivity (Wildman–Crippen MR) is 116 cm³/mol. The van der Waals surface area contributed by atoms with Gasteiger partial charge in [0.1, 0.15) is 17.3 Å². The second-order valence-electron chi connectivity index (χ2n) is 7.12. The van der Waals surface area contributed by atoms with Gasteiger partial charge >= 0.3 is 0 Å². The average molecular weight is 437 g/mol. The van der Waals surface area contributed by atoms with E-state index in [1.807, 2.05) is 24.3 Å². The number of oxazole rings is 1. The van der Waals surface area contributed by atoms with E-state index in [2.05, 4.69) is 4.98 Å². The number of methoxy groups -OCH3 is 1. The van der Waals surface area contributed by atoms with Gasteiger partial charge in [0.05, 0.1) is 12.0 Å². The zero-order valence-electron chi connectivity index (χ0n) is 17.0. The van der Waals surface area contributed by atoms with Crippen LogP contribution in [0.1, 0.15) is 11.5 Å². The summed E-state index contributed by atoms with van der Waals surface area (Å²) in [7, 11) is -1.70. The molecule has 31 heavy (non-hydrogen) atoms. The SMILES string of the molecule is COc1cccc(Cc2nc(-c3ccc(F)cc3)c(-c3ccc(S(C)(=O)=O)cc3)o2)c1. The molecular formula is C24H20FNO4S. The van der Waals surface area contributed by atoms with Gasteiger partial charge in [0.15, 0.2) is 21.5 Å². The number of hydrogen-bond acceptors (Lipinski definition) is 5. The molecule has 0 saturated heterocycles. The molecule has 0 aliphatic heterocycles. The summed E-state index contributed by atoms with van der Waals surface area (Å²) in [5, 5.41) is 0. The molecule has 0 spiro atoms. The van der Waals surface area contributed by atoms with Crippen LogP contribution in [0.4, 0.5) is 4.39 Å². The Kier molecular flexibility index (Phi) is 5.61. The molecule has 0 aliphatic rings. The molecule has 0 aliphatic carbocycles. The zero-order valence-corrected chi connectivity index (χ0v) is 17.8. The molecule has 0 atom stereocenters. The molecule has 4 rings (SSSR count). The number of rotatable bonds is 6. The Morgan fingerprint density at radius 1 is 0.968 bits per heavy atom. The van der Waals surface area contributed by atoms with Gasteiger partial charge in [-0.2, -0.15) is 0 Å². The molecule has 0 amide bonds. The summed E-state index contributed by atoms with van der Waals surface area (Å²) in [6.07, 6.45) is 1.60. The van der Waals surface area contributed by atoms with Gasteiger partial charge < -0.3 is 9.15 Å². The maximum Gasteiger partial charge on any atom is 0.199 e. The smallest absolute Gasteiger partial charge is 0.199 e. The second kappa shape index (κ2) is 8.35. The minimum Gasteiger partial charge on any atom is -0.497 e. The normalized spacial score (nSPS) is 11.5. The molecule has 0 unspecified atom stereocenters. The van der Waals surface area contributed by atoms with Crippen LogP contribution in [-0.2, 0) is 16.3 Å². The van der Waals surface area contributed by atoms with Crippen LogP contribution in [0.15, 0.2) is 82.1 Å². The zero-order chi connectivity index (χ0) is 22.0. The third-order valence-corrected chi connectivity index (χ3v) is 5.95. The third kappa shape index (κ3) is 4.67. The first-order valence-electron chi connectivity index (χ1n) is 9.52. The van der Waals surface area contributed by atoms with Crippen LogP contribution in [0.2, 0.25) is 0 Å². The Balaban J connectivity index is 1.77. The van der Waals surface area contributed by atoms with E-state index in [-0.39, 0.29) is 10.7 Å². The molecule has 0 N–H and O–H groups in total. The van der Waals surface area contributed by atoms with Crippen molar-refractivity contribution in [1.82, 2.24) is 4.98 Å². The van der Waals surface area contributed by atoms with Crippen molar-refractivity contribution in [2.75, 3.05) is 13.4 Å². The summed E-state index contributed by atoms with van der Waals surface area (Å²) in [5.74, 6) is 1.36. The number of nitrogens with zero attached hydrogens (tertiary/aromatic N) is 1. The van der Waals surface area contributed by atoms with Gasteiger partial charge in [-0.3, -0.25) is 0 Å². The first-order chi connectivity index (χ1) is 14.8. The molecule has 1 aromatic heterocycles. The third-order valence-electron chi connectivity index (χ3n) is 4.82. The number of sulfone groups is 1. The highest BCUT2D eigenvalue weighted by Crippen LogP contribution is 2.34. The lowest BCUT2D eigenvalue weighted by Gasteiger charge is -2.03. The molecule has 1 heterocycles. The number of aromatic nitrogens is 1. The van der Waals surface area contributed by atoms with E-state index in [9.17, 15) is 12.8 Å². The van der Waals surface area contributed by atoms with Crippen molar-refractivity contribution in [2.45, 2.75) is 11.3 Å². The topological polar surface area (TPSA) is 69.4 Å². The Morgan fingerprint density at radius 2 is 1.65 bits per heavy atom. The summed E-state index contributed by atoms with van der Waals surface area (Å²) in [4.78, 5) is 4.88. The number of ether oxygens (including phenoxy) is 1. The van der Waals surface area contributed by atoms with Crippen LogP contribution in [0.25, 0.3) is 22.6 Å². The van der Waals surface area contributed by atoms with Crippen LogP contribution < -0.4 is 4.74 Å². The highest BCUT2D eigenvalue weighted by molar-refractivity contribution is 7.90. The fraction of sp³-hybridized carbons (Fsp3) is 0.125. The van der Waals surface area contributed by atoms with Crippen LogP contribution in [-0.4, -0.2) is 26.8 Å². The van der Waals surface area contributed by atoms with Crippen molar-refractivity contribution in [3.05, 3.63) is 90.1 Å². The van der Waals surface area contributed by atoms with Crippen LogP contribution in [0.5, 0.6) is 5.75 Å². The van der Waals surface area contributed by atoms with E-state index < -0.39 is 9.84 Å². The maximum absolute atomic E-state index is 13.4. The number of halogens is 1. The fourth-order valence-corrected chi connectivity index (χ4v) is 3.88. The molecule has 4 aromatic rings. The van der Waals surface area contributed by atoms with E-state index in [0.29, 0.717) is 34.9 Å². The standard InChI is InChI=1S/C24H20FNO4S/c1-29-20-5-3-4-16(14-20)15-22-26-23(17-6-10-19(25)11-7-17)24(30-22)18-8-12-21(13-9-18)31(2,27)28/h3-14H,15H2,1-2H3. The van der Waals surface area contributed by atoms with E-state index in [0.717, 1.165) is 17.6 Å². The molecule has 0 bridgehead atoms. The highest BCUT2D eigenvalue weighted by atomic mass is 32.2. The minimum absolute atomic E-state index is 0.218. The van der Waals surface area contributed by atoms with Crippen molar-refractivity contribution in [3.8, 4) is 28.3 Å². The summed E-state index contributed by atoms with van der Waals surface area (Å²) < 4.78 is 48.4. The Bertz CT molecular complexity index is 1310. The molecule has 0 radical (unpaired) electrons. The Morgan fingerprint density at radius 3 is 2.29 bits per heavy atom. The molecule has 0 fully saturated rings. The van der Waals surface area contributed by atoms with Crippen molar-refractivity contribution in [2.24, 2.45) is 0 Å². The summed E-state index contributed by atoms with van der Waals surface area (Å²) in [5.41, 5.74) is 2.90. The summed E-state index contributed by atoms with van der Waals surface area (Å²) >= 11 is 0. The van der Waals surface area contributed by atoms with Gasteiger partial charge in [0, 0.05) is 23.8 Å². The molecule has 3 aromatic carbocycles. The molecule has 5 nitrogen and oxygen atoms in total. The lowest BCUT2D eigenvalue weighted by Crippen LogP contribution is -1.96. The lowest BCUT2D eigenvalue weighted by molar-refractivity contribution is 0.414. The maximum atomic E-state index is 13.4. The highest BCUT2D eigenvalue weighted by Gasteiger charge is 2.18. The van der Waals surface area contributed by atoms with E-state index >= 15 is 0 Å². The minimum atomic E-state index is -3.31. The first kappa shape index (κ1) is 20.8. The van der Waals surface area contributed by atoms with Crippen molar-refractivity contribution < 1.29 is 22.0 Å². The number of hydrogen-bond donors (Lipinski definition) is 0. The van der Waals surface area contributed by atoms with E-state index in [1.54, 1.807) is 31.4 Å². The lowest BCUT2D eigenvalue weighted by atomic mass is 10.1. The molecule has 158 valence electrons. The molecule has 7 heteroatoms. The second-order valence-corrected chi connectivity index (χ2v) is 9.13. The van der Waals surface area contributed by atoms with Crippen LogP contribution in [0, 0.1) is 5.82 Å². The first-order valence-corrected chi connectivity index (χ1v) is 11.4. The van der Waals surface area contributed by atoms with E-state index in [4.69, 9.17) is 9.15 Å².